The van der Waals surface area contributed by atoms with E-state index in [4.69, 9.17) is 28.3 Å². The predicted molar refractivity (Wildman–Crippen MR) is 67.5 cm³/mol. The summed E-state index contributed by atoms with van der Waals surface area (Å²) < 4.78 is 0. The normalized spacial score (nSPS) is 12.4. The maximum atomic E-state index is 10.3. The monoisotopic (exact) mass is 276 g/mol. The maximum Gasteiger partial charge on any atom is 0.303 e. The van der Waals surface area contributed by atoms with Gasteiger partial charge in [0.15, 0.2) is 0 Å². The molecule has 0 amide bonds. The van der Waals surface area contributed by atoms with Gasteiger partial charge in [-0.3, -0.25) is 4.79 Å². The zero-order valence-corrected chi connectivity index (χ0v) is 10.7. The largest absolute Gasteiger partial charge is 0.481 e. The fourth-order valence-corrected chi connectivity index (χ4v) is 1.96. The van der Waals surface area contributed by atoms with Crippen molar-refractivity contribution in [3.63, 3.8) is 0 Å². The van der Waals surface area contributed by atoms with Crippen molar-refractivity contribution in [2.45, 2.75) is 31.8 Å². The Kier molecular flexibility index (Phi) is 5.75. The summed E-state index contributed by atoms with van der Waals surface area (Å²) in [5.41, 5.74) is 0.592. The average molecular weight is 277 g/mol. The lowest BCUT2D eigenvalue weighted by Crippen LogP contribution is -2.00. The van der Waals surface area contributed by atoms with Gasteiger partial charge in [0.2, 0.25) is 0 Å². The van der Waals surface area contributed by atoms with E-state index in [0.717, 1.165) is 0 Å². The van der Waals surface area contributed by atoms with E-state index in [2.05, 4.69) is 0 Å². The van der Waals surface area contributed by atoms with E-state index in [1.807, 2.05) is 0 Å². The van der Waals surface area contributed by atoms with Crippen LogP contribution in [0, 0.1) is 0 Å². The molecule has 94 valence electrons. The van der Waals surface area contributed by atoms with Crippen LogP contribution in [0.3, 0.4) is 0 Å². The van der Waals surface area contributed by atoms with Gasteiger partial charge < -0.3 is 10.2 Å². The second-order valence-electron chi connectivity index (χ2n) is 3.82. The highest BCUT2D eigenvalue weighted by atomic mass is 35.5. The van der Waals surface area contributed by atoms with Gasteiger partial charge in [0.1, 0.15) is 0 Å². The van der Waals surface area contributed by atoms with E-state index >= 15 is 0 Å². The number of aliphatic carboxylic acids is 1. The van der Waals surface area contributed by atoms with E-state index in [1.54, 1.807) is 18.2 Å². The first-order valence-electron chi connectivity index (χ1n) is 5.35. The van der Waals surface area contributed by atoms with Gasteiger partial charge in [-0.1, -0.05) is 23.2 Å². The van der Waals surface area contributed by atoms with Gasteiger partial charge in [-0.05, 0) is 37.5 Å². The Balaban J connectivity index is 2.49. The van der Waals surface area contributed by atoms with Gasteiger partial charge in [0.05, 0.1) is 6.10 Å². The van der Waals surface area contributed by atoms with Crippen LogP contribution >= 0.6 is 23.2 Å². The number of rotatable bonds is 6. The van der Waals surface area contributed by atoms with Crippen LogP contribution in [-0.2, 0) is 4.79 Å². The summed E-state index contributed by atoms with van der Waals surface area (Å²) in [5, 5.41) is 19.4. The van der Waals surface area contributed by atoms with Crippen LogP contribution in [0.25, 0.3) is 0 Å². The summed E-state index contributed by atoms with van der Waals surface area (Å²) in [7, 11) is 0. The predicted octanol–water partition coefficient (Wildman–Crippen LogP) is 3.67. The molecule has 1 rings (SSSR count). The van der Waals surface area contributed by atoms with Crippen LogP contribution in [-0.4, -0.2) is 16.2 Å². The molecule has 3 nitrogen and oxygen atoms in total. The molecule has 0 spiro atoms. The van der Waals surface area contributed by atoms with E-state index in [1.165, 1.54) is 0 Å². The van der Waals surface area contributed by atoms with Crippen LogP contribution < -0.4 is 0 Å². The number of benzene rings is 1. The molecule has 0 heterocycles. The molecule has 0 radical (unpaired) electrons. The lowest BCUT2D eigenvalue weighted by Gasteiger charge is -2.12. The van der Waals surface area contributed by atoms with Crippen LogP contribution in [0.2, 0.25) is 10.0 Å². The molecular formula is C12H14Cl2O3. The molecule has 17 heavy (non-hydrogen) atoms. The molecule has 1 atom stereocenters. The summed E-state index contributed by atoms with van der Waals surface area (Å²) in [6.07, 6.45) is 1.08. The number of aliphatic hydroxyl groups excluding tert-OH is 1. The molecule has 0 aromatic heterocycles. The van der Waals surface area contributed by atoms with Crippen molar-refractivity contribution in [1.29, 1.82) is 0 Å². The van der Waals surface area contributed by atoms with E-state index in [0.29, 0.717) is 34.9 Å². The second-order valence-corrected chi connectivity index (χ2v) is 4.66. The molecule has 1 aromatic rings. The molecule has 0 saturated heterocycles. The van der Waals surface area contributed by atoms with Crippen molar-refractivity contribution in [3.8, 4) is 0 Å². The second kappa shape index (κ2) is 6.84. The van der Waals surface area contributed by atoms with Crippen molar-refractivity contribution < 1.29 is 15.0 Å². The molecule has 0 bridgehead atoms. The first-order valence-corrected chi connectivity index (χ1v) is 6.11. The van der Waals surface area contributed by atoms with Crippen LogP contribution in [0.1, 0.15) is 37.4 Å². The summed E-state index contributed by atoms with van der Waals surface area (Å²) in [6, 6.07) is 4.93. The third kappa shape index (κ3) is 4.94. The summed E-state index contributed by atoms with van der Waals surface area (Å²) in [4.78, 5) is 10.3. The molecule has 5 heteroatoms. The number of carbonyl (C=O) groups is 1. The molecule has 0 aliphatic carbocycles. The number of aliphatic hydroxyl groups is 1. The number of carboxylic acids is 1. The molecule has 2 N–H and O–H groups in total. The Morgan fingerprint density at radius 3 is 2.65 bits per heavy atom. The fourth-order valence-electron chi connectivity index (χ4n) is 1.54. The number of unbranched alkanes of at least 4 members (excludes halogenated alkanes) is 1. The van der Waals surface area contributed by atoms with Crippen LogP contribution in [0.5, 0.6) is 0 Å². The Labute approximate surface area is 110 Å². The van der Waals surface area contributed by atoms with E-state index in [-0.39, 0.29) is 6.42 Å². The van der Waals surface area contributed by atoms with Gasteiger partial charge >= 0.3 is 5.97 Å². The van der Waals surface area contributed by atoms with Crippen LogP contribution in [0.4, 0.5) is 0 Å². The topological polar surface area (TPSA) is 57.5 Å². The van der Waals surface area contributed by atoms with Crippen molar-refractivity contribution in [2.24, 2.45) is 0 Å². The van der Waals surface area contributed by atoms with Crippen LogP contribution in [0.15, 0.2) is 18.2 Å². The zero-order chi connectivity index (χ0) is 12.8. The lowest BCUT2D eigenvalue weighted by atomic mass is 10.0. The van der Waals surface area contributed by atoms with Gasteiger partial charge in [-0.25, -0.2) is 0 Å². The summed E-state index contributed by atoms with van der Waals surface area (Å²) >= 11 is 11.8. The third-order valence-corrected chi connectivity index (χ3v) is 3.01. The first kappa shape index (κ1) is 14.3. The molecule has 0 aliphatic heterocycles. The smallest absolute Gasteiger partial charge is 0.303 e. The van der Waals surface area contributed by atoms with Crippen molar-refractivity contribution >= 4 is 29.2 Å². The molecule has 0 fully saturated rings. The molecule has 1 unspecified atom stereocenters. The Hall–Kier alpha value is -0.770. The molecule has 1 aromatic carbocycles. The lowest BCUT2D eigenvalue weighted by molar-refractivity contribution is -0.137. The third-order valence-electron chi connectivity index (χ3n) is 2.44. The number of halogens is 2. The van der Waals surface area contributed by atoms with Crippen molar-refractivity contribution in [2.75, 3.05) is 0 Å². The molecule has 0 saturated carbocycles. The maximum absolute atomic E-state index is 10.3. The summed E-state index contributed by atoms with van der Waals surface area (Å²) in [6.45, 7) is 0. The van der Waals surface area contributed by atoms with E-state index < -0.39 is 12.1 Å². The average Bonchev–Trinajstić information content (AvgIpc) is 2.27. The minimum absolute atomic E-state index is 0.121. The van der Waals surface area contributed by atoms with Crippen molar-refractivity contribution in [3.05, 3.63) is 33.8 Å². The Morgan fingerprint density at radius 2 is 2.00 bits per heavy atom. The van der Waals surface area contributed by atoms with Gasteiger partial charge in [-0.2, -0.15) is 0 Å². The fraction of sp³-hybridized carbons (Fsp3) is 0.417. The SMILES string of the molecule is O=C(O)CCCCC(O)c1cc(Cl)ccc1Cl. The van der Waals surface area contributed by atoms with E-state index in [9.17, 15) is 9.90 Å². The number of carboxylic acid groups (broad SMARTS) is 1. The molecule has 0 aliphatic rings. The Bertz CT molecular complexity index is 393. The highest BCUT2D eigenvalue weighted by molar-refractivity contribution is 6.33. The minimum Gasteiger partial charge on any atom is -0.481 e. The van der Waals surface area contributed by atoms with Crippen molar-refractivity contribution in [1.82, 2.24) is 0 Å². The van der Waals surface area contributed by atoms with Gasteiger partial charge in [0, 0.05) is 22.0 Å². The van der Waals surface area contributed by atoms with Gasteiger partial charge in [0.25, 0.3) is 0 Å². The standard InChI is InChI=1S/C12H14Cl2O3/c13-8-5-6-10(14)9(7-8)11(15)3-1-2-4-12(16)17/h5-7,11,15H,1-4H2,(H,16,17). The summed E-state index contributed by atoms with van der Waals surface area (Å²) in [5.74, 6) is -0.819. The zero-order valence-electron chi connectivity index (χ0n) is 9.20. The first-order chi connectivity index (χ1) is 8.00. The number of hydrogen-bond donors (Lipinski definition) is 2. The highest BCUT2D eigenvalue weighted by Crippen LogP contribution is 2.29. The quantitative estimate of drug-likeness (QED) is 0.780. The minimum atomic E-state index is -0.819. The van der Waals surface area contributed by atoms with Gasteiger partial charge in [-0.15, -0.1) is 0 Å². The molecular weight excluding hydrogens is 263 g/mol. The number of hydrogen-bond acceptors (Lipinski definition) is 2. The Morgan fingerprint density at radius 1 is 1.29 bits per heavy atom. The highest BCUT2D eigenvalue weighted by Gasteiger charge is 2.12.